The maximum Gasteiger partial charge on any atom is 0.266 e. The number of azo groups is 1. The molecular weight excluding hydrogens is 202 g/mol. The number of nitrogens with zero attached hydrogens (tertiary/aromatic N) is 3. The van der Waals surface area contributed by atoms with Crippen molar-refractivity contribution in [3.8, 4) is 0 Å². The molecule has 0 fully saturated rings. The smallest absolute Gasteiger partial charge is 0.266 e. The predicted molar refractivity (Wildman–Crippen MR) is 62.2 cm³/mol. The fraction of sp³-hybridized carbons (Fsp3) is 0.333. The van der Waals surface area contributed by atoms with Crippen molar-refractivity contribution in [2.24, 2.45) is 15.2 Å². The Balaban J connectivity index is 2.19. The minimum absolute atomic E-state index is 0.0820. The Kier molecular flexibility index (Phi) is 2.42. The lowest BCUT2D eigenvalue weighted by Gasteiger charge is -2.02. The van der Waals surface area contributed by atoms with Gasteiger partial charge in [0.05, 0.1) is 11.4 Å². The summed E-state index contributed by atoms with van der Waals surface area (Å²) in [4.78, 5) is 15.4. The van der Waals surface area contributed by atoms with Crippen LogP contribution >= 0.6 is 0 Å². The van der Waals surface area contributed by atoms with Gasteiger partial charge < -0.3 is 0 Å². The molecule has 0 amide bonds. The van der Waals surface area contributed by atoms with Crippen molar-refractivity contribution in [2.75, 3.05) is 0 Å². The largest absolute Gasteiger partial charge is 0.295 e. The average molecular weight is 215 g/mol. The van der Waals surface area contributed by atoms with Crippen molar-refractivity contribution in [2.45, 2.75) is 26.4 Å². The van der Waals surface area contributed by atoms with Crippen LogP contribution < -0.4 is 0 Å². The van der Waals surface area contributed by atoms with E-state index in [1.807, 2.05) is 31.2 Å². The van der Waals surface area contributed by atoms with Gasteiger partial charge in [-0.2, -0.15) is 5.11 Å². The quantitative estimate of drug-likeness (QED) is 0.715. The molecule has 1 aromatic carbocycles. The van der Waals surface area contributed by atoms with Crippen LogP contribution in [0, 0.1) is 6.92 Å². The maximum absolute atomic E-state index is 11.4. The van der Waals surface area contributed by atoms with E-state index in [2.05, 4.69) is 15.2 Å². The minimum atomic E-state index is -0.982. The zero-order chi connectivity index (χ0) is 11.8. The van der Waals surface area contributed by atoms with Crippen LogP contribution in [0.4, 0.5) is 5.69 Å². The number of carbonyl (C=O) groups is 1. The molecule has 4 nitrogen and oxygen atoms in total. The van der Waals surface area contributed by atoms with Crippen molar-refractivity contribution in [3.05, 3.63) is 29.8 Å². The third-order valence-electron chi connectivity index (χ3n) is 2.59. The summed E-state index contributed by atoms with van der Waals surface area (Å²) >= 11 is 0. The molecule has 4 heteroatoms. The highest BCUT2D eigenvalue weighted by atomic mass is 16.1. The zero-order valence-electron chi connectivity index (χ0n) is 9.56. The van der Waals surface area contributed by atoms with E-state index in [4.69, 9.17) is 0 Å². The Morgan fingerprint density at radius 2 is 2.06 bits per heavy atom. The summed E-state index contributed by atoms with van der Waals surface area (Å²) in [7, 11) is 0. The Labute approximate surface area is 94.1 Å². The van der Waals surface area contributed by atoms with Crippen LogP contribution in [-0.4, -0.2) is 17.2 Å². The Hall–Kier alpha value is -1.84. The second-order valence-corrected chi connectivity index (χ2v) is 3.96. The highest BCUT2D eigenvalue weighted by molar-refractivity contribution is 6.21. The first-order chi connectivity index (χ1) is 7.54. The molecule has 1 aliphatic rings. The molecule has 2 rings (SSSR count). The number of aryl methyl sites for hydroxylation is 1. The second kappa shape index (κ2) is 3.63. The number of hydrogen-bond acceptors (Lipinski definition) is 4. The second-order valence-electron chi connectivity index (χ2n) is 3.96. The Morgan fingerprint density at radius 3 is 2.56 bits per heavy atom. The van der Waals surface area contributed by atoms with E-state index >= 15 is 0 Å². The highest BCUT2D eigenvalue weighted by Gasteiger charge is 2.49. The number of carbonyl (C=O) groups excluding carboxylic acids is 1. The molecule has 0 saturated heterocycles. The first kappa shape index (κ1) is 10.7. The number of Topliss-reactive ketones (excluding diaryl/α,β-unsaturated/α-hetero) is 1. The molecule has 1 aromatic rings. The van der Waals surface area contributed by atoms with E-state index in [9.17, 15) is 4.79 Å². The lowest BCUT2D eigenvalue weighted by molar-refractivity contribution is -0.118. The lowest BCUT2D eigenvalue weighted by Crippen LogP contribution is -2.23. The van der Waals surface area contributed by atoms with Gasteiger partial charge in [0, 0.05) is 0 Å². The molecular formula is C12H13N3O. The summed E-state index contributed by atoms with van der Waals surface area (Å²) in [6, 6.07) is 7.65. The molecule has 16 heavy (non-hydrogen) atoms. The number of rotatable bonds is 3. The van der Waals surface area contributed by atoms with Gasteiger partial charge in [-0.1, -0.05) is 12.1 Å². The molecule has 0 N–H and O–H groups in total. The van der Waals surface area contributed by atoms with Crippen LogP contribution in [0.2, 0.25) is 0 Å². The Morgan fingerprint density at radius 1 is 1.38 bits per heavy atom. The summed E-state index contributed by atoms with van der Waals surface area (Å²) in [5.41, 5.74) is 1.61. The number of hydrogen-bond donors (Lipinski definition) is 0. The molecule has 1 heterocycles. The minimum Gasteiger partial charge on any atom is -0.295 e. The van der Waals surface area contributed by atoms with E-state index < -0.39 is 5.66 Å². The van der Waals surface area contributed by atoms with Crippen LogP contribution in [0.15, 0.2) is 39.5 Å². The van der Waals surface area contributed by atoms with Gasteiger partial charge >= 0.3 is 0 Å². The van der Waals surface area contributed by atoms with Crippen molar-refractivity contribution in [1.82, 2.24) is 0 Å². The van der Waals surface area contributed by atoms with Crippen molar-refractivity contribution in [1.29, 1.82) is 0 Å². The van der Waals surface area contributed by atoms with Crippen LogP contribution in [0.3, 0.4) is 0 Å². The van der Waals surface area contributed by atoms with E-state index in [0.29, 0.717) is 0 Å². The molecule has 0 aromatic heterocycles. The van der Waals surface area contributed by atoms with Gasteiger partial charge in [0.1, 0.15) is 0 Å². The van der Waals surface area contributed by atoms with Crippen molar-refractivity contribution >= 4 is 17.2 Å². The SMILES string of the molecule is CC(=O)C1(N=Nc2cccc(C)c2)N=C1C. The molecule has 0 aliphatic carbocycles. The summed E-state index contributed by atoms with van der Waals surface area (Å²) < 4.78 is 0. The summed E-state index contributed by atoms with van der Waals surface area (Å²) in [6.07, 6.45) is 0. The van der Waals surface area contributed by atoms with Gasteiger partial charge in [-0.25, -0.2) is 4.99 Å². The number of benzene rings is 1. The molecule has 0 bridgehead atoms. The van der Waals surface area contributed by atoms with E-state index in [0.717, 1.165) is 17.0 Å². The van der Waals surface area contributed by atoms with Gasteiger partial charge in [0.2, 0.25) is 0 Å². The van der Waals surface area contributed by atoms with Crippen LogP contribution in [0.1, 0.15) is 19.4 Å². The molecule has 0 saturated carbocycles. The number of aliphatic imine (C=N–C) groups is 1. The molecule has 82 valence electrons. The summed E-state index contributed by atoms with van der Waals surface area (Å²) in [5.74, 6) is -0.0820. The van der Waals surface area contributed by atoms with Gasteiger partial charge in [0.25, 0.3) is 5.66 Å². The zero-order valence-corrected chi connectivity index (χ0v) is 9.56. The van der Waals surface area contributed by atoms with Crippen molar-refractivity contribution < 1.29 is 4.79 Å². The maximum atomic E-state index is 11.4. The van der Waals surface area contributed by atoms with Gasteiger partial charge in [0.15, 0.2) is 5.78 Å². The van der Waals surface area contributed by atoms with Crippen LogP contribution in [0.5, 0.6) is 0 Å². The predicted octanol–water partition coefficient (Wildman–Crippen LogP) is 2.84. The number of ketones is 1. The van der Waals surface area contributed by atoms with E-state index in [1.54, 1.807) is 6.92 Å². The molecule has 1 atom stereocenters. The molecule has 0 radical (unpaired) electrons. The fourth-order valence-electron chi connectivity index (χ4n) is 1.53. The molecule has 1 aliphatic heterocycles. The van der Waals surface area contributed by atoms with Gasteiger partial charge in [-0.05, 0) is 38.5 Å². The standard InChI is InChI=1S/C12H13N3O/c1-8-5-4-6-11(7-8)14-15-12(10(3)16)9(2)13-12/h4-7H,1-3H3. The summed E-state index contributed by atoms with van der Waals surface area (Å²) in [6.45, 7) is 5.25. The fourth-order valence-corrected chi connectivity index (χ4v) is 1.53. The van der Waals surface area contributed by atoms with Crippen LogP contribution in [-0.2, 0) is 4.79 Å². The third-order valence-corrected chi connectivity index (χ3v) is 2.59. The Bertz CT molecular complexity index is 505. The lowest BCUT2D eigenvalue weighted by atomic mass is 10.1. The van der Waals surface area contributed by atoms with Gasteiger partial charge in [-0.15, -0.1) is 5.11 Å². The molecule has 1 unspecified atom stereocenters. The van der Waals surface area contributed by atoms with Crippen LogP contribution in [0.25, 0.3) is 0 Å². The van der Waals surface area contributed by atoms with E-state index in [1.165, 1.54) is 6.92 Å². The first-order valence-corrected chi connectivity index (χ1v) is 5.12. The topological polar surface area (TPSA) is 54.1 Å². The first-order valence-electron chi connectivity index (χ1n) is 5.12. The van der Waals surface area contributed by atoms with Gasteiger partial charge in [-0.3, -0.25) is 4.79 Å². The highest BCUT2D eigenvalue weighted by Crippen LogP contribution is 2.32. The monoisotopic (exact) mass is 215 g/mol. The van der Waals surface area contributed by atoms with Crippen molar-refractivity contribution in [3.63, 3.8) is 0 Å². The average Bonchev–Trinajstić information content (AvgIpc) is 2.88. The molecule has 0 spiro atoms. The normalized spacial score (nSPS) is 23.3. The third kappa shape index (κ3) is 1.78. The van der Waals surface area contributed by atoms with E-state index in [-0.39, 0.29) is 5.78 Å². The summed E-state index contributed by atoms with van der Waals surface area (Å²) in [5, 5.41) is 8.09.